The molecule has 0 radical (unpaired) electrons. The Hall–Kier alpha value is -0.910. The van der Waals surface area contributed by atoms with E-state index in [1.54, 1.807) is 11.3 Å². The molecular formula is C15H20N2O2S. The summed E-state index contributed by atoms with van der Waals surface area (Å²) in [5.74, 6) is 0.907. The summed E-state index contributed by atoms with van der Waals surface area (Å²) in [6.07, 6.45) is 4.23. The van der Waals surface area contributed by atoms with Crippen LogP contribution in [-0.2, 0) is 9.53 Å². The zero-order chi connectivity index (χ0) is 13.6. The maximum Gasteiger partial charge on any atom is 0.244 e. The van der Waals surface area contributed by atoms with Gasteiger partial charge in [-0.25, -0.2) is 0 Å². The SMILES string of the molecule is O=C1N(CC2CCOCC2)C(c2ccsc2)NC12CC2. The largest absolute Gasteiger partial charge is 0.381 e. The van der Waals surface area contributed by atoms with Gasteiger partial charge in [0.2, 0.25) is 5.91 Å². The average Bonchev–Trinajstić information content (AvgIpc) is 2.96. The lowest BCUT2D eigenvalue weighted by molar-refractivity contribution is -0.132. The molecule has 1 aliphatic carbocycles. The Balaban J connectivity index is 1.55. The molecule has 1 unspecified atom stereocenters. The third kappa shape index (κ3) is 2.08. The fraction of sp³-hybridized carbons (Fsp3) is 0.667. The highest BCUT2D eigenvalue weighted by Gasteiger charge is 2.59. The standard InChI is InChI=1S/C15H20N2O2S/c18-14-15(4-5-15)16-13(12-3-8-20-10-12)17(14)9-11-1-6-19-7-2-11/h3,8,10-11,13,16H,1-2,4-7,9H2. The van der Waals surface area contributed by atoms with Crippen molar-refractivity contribution in [3.8, 4) is 0 Å². The van der Waals surface area contributed by atoms with Crippen molar-refractivity contribution in [2.24, 2.45) is 5.92 Å². The summed E-state index contributed by atoms with van der Waals surface area (Å²) >= 11 is 1.70. The Kier molecular flexibility index (Phi) is 3.09. The van der Waals surface area contributed by atoms with Crippen molar-refractivity contribution in [2.45, 2.75) is 37.4 Å². The van der Waals surface area contributed by atoms with Gasteiger partial charge in [-0.05, 0) is 54.0 Å². The van der Waals surface area contributed by atoms with Crippen LogP contribution in [0.3, 0.4) is 0 Å². The van der Waals surface area contributed by atoms with Crippen LogP contribution in [0.5, 0.6) is 0 Å². The molecule has 2 saturated heterocycles. The topological polar surface area (TPSA) is 41.6 Å². The monoisotopic (exact) mass is 292 g/mol. The van der Waals surface area contributed by atoms with Crippen molar-refractivity contribution < 1.29 is 9.53 Å². The highest BCUT2D eigenvalue weighted by molar-refractivity contribution is 7.07. The highest BCUT2D eigenvalue weighted by atomic mass is 32.1. The summed E-state index contributed by atoms with van der Waals surface area (Å²) in [6, 6.07) is 2.13. The second-order valence-electron chi connectivity index (χ2n) is 6.20. The Labute approximate surface area is 123 Å². The van der Waals surface area contributed by atoms with Gasteiger partial charge in [0.25, 0.3) is 0 Å². The van der Waals surface area contributed by atoms with Gasteiger partial charge in [-0.2, -0.15) is 11.3 Å². The number of nitrogens with one attached hydrogen (secondary N) is 1. The lowest BCUT2D eigenvalue weighted by atomic mass is 9.99. The number of ether oxygens (including phenoxy) is 1. The van der Waals surface area contributed by atoms with Gasteiger partial charge >= 0.3 is 0 Å². The van der Waals surface area contributed by atoms with Gasteiger partial charge in [-0.15, -0.1) is 0 Å². The van der Waals surface area contributed by atoms with Crippen molar-refractivity contribution in [3.63, 3.8) is 0 Å². The third-order valence-electron chi connectivity index (χ3n) is 4.80. The summed E-state index contributed by atoms with van der Waals surface area (Å²) < 4.78 is 5.43. The summed E-state index contributed by atoms with van der Waals surface area (Å²) in [7, 11) is 0. The molecule has 1 atom stereocenters. The molecule has 3 fully saturated rings. The number of carbonyl (C=O) groups excluding carboxylic acids is 1. The van der Waals surface area contributed by atoms with Crippen LogP contribution in [0.4, 0.5) is 0 Å². The summed E-state index contributed by atoms with van der Waals surface area (Å²) in [6.45, 7) is 2.56. The van der Waals surface area contributed by atoms with Crippen LogP contribution < -0.4 is 5.32 Å². The first-order valence-electron chi connectivity index (χ1n) is 7.47. The Morgan fingerprint density at radius 1 is 1.40 bits per heavy atom. The van der Waals surface area contributed by atoms with E-state index in [1.807, 2.05) is 0 Å². The minimum atomic E-state index is -0.224. The predicted molar refractivity (Wildman–Crippen MR) is 77.4 cm³/mol. The number of rotatable bonds is 3. The quantitative estimate of drug-likeness (QED) is 0.928. The van der Waals surface area contributed by atoms with E-state index in [-0.39, 0.29) is 11.7 Å². The maximum atomic E-state index is 12.7. The van der Waals surface area contributed by atoms with E-state index in [2.05, 4.69) is 27.0 Å². The van der Waals surface area contributed by atoms with Crippen LogP contribution in [0, 0.1) is 5.92 Å². The van der Waals surface area contributed by atoms with Crippen LogP contribution >= 0.6 is 11.3 Å². The fourth-order valence-electron chi connectivity index (χ4n) is 3.37. The van der Waals surface area contributed by atoms with E-state index >= 15 is 0 Å². The second-order valence-corrected chi connectivity index (χ2v) is 6.98. The van der Waals surface area contributed by atoms with Gasteiger partial charge in [0.05, 0.1) is 0 Å². The number of carbonyl (C=O) groups is 1. The fourth-order valence-corrected chi connectivity index (χ4v) is 4.04. The average molecular weight is 292 g/mol. The van der Waals surface area contributed by atoms with E-state index in [0.29, 0.717) is 11.8 Å². The molecule has 1 saturated carbocycles. The molecule has 1 amide bonds. The van der Waals surface area contributed by atoms with Crippen molar-refractivity contribution in [2.75, 3.05) is 19.8 Å². The minimum Gasteiger partial charge on any atom is -0.381 e. The first-order chi connectivity index (χ1) is 9.78. The molecule has 3 aliphatic rings. The first kappa shape index (κ1) is 12.8. The number of amides is 1. The van der Waals surface area contributed by atoms with Crippen LogP contribution in [0.15, 0.2) is 16.8 Å². The number of hydrogen-bond acceptors (Lipinski definition) is 4. The molecule has 20 heavy (non-hydrogen) atoms. The van der Waals surface area contributed by atoms with E-state index in [1.165, 1.54) is 5.56 Å². The van der Waals surface area contributed by atoms with E-state index in [0.717, 1.165) is 45.4 Å². The molecule has 4 rings (SSSR count). The highest BCUT2D eigenvalue weighted by Crippen LogP contribution is 2.46. The molecular weight excluding hydrogens is 272 g/mol. The molecule has 2 aliphatic heterocycles. The molecule has 5 heteroatoms. The molecule has 1 aromatic rings. The van der Waals surface area contributed by atoms with Gasteiger partial charge in [0.1, 0.15) is 11.7 Å². The zero-order valence-corrected chi connectivity index (χ0v) is 12.3. The molecule has 0 bridgehead atoms. The van der Waals surface area contributed by atoms with Gasteiger partial charge in [0.15, 0.2) is 0 Å². The van der Waals surface area contributed by atoms with Crippen molar-refractivity contribution >= 4 is 17.2 Å². The lowest BCUT2D eigenvalue weighted by Gasteiger charge is -2.30. The van der Waals surface area contributed by atoms with Gasteiger partial charge in [-0.3, -0.25) is 10.1 Å². The molecule has 3 heterocycles. The Morgan fingerprint density at radius 2 is 2.20 bits per heavy atom. The zero-order valence-electron chi connectivity index (χ0n) is 11.5. The Morgan fingerprint density at radius 3 is 2.85 bits per heavy atom. The Bertz CT molecular complexity index is 492. The number of hydrogen-bond donors (Lipinski definition) is 1. The normalized spacial score (nSPS) is 29.3. The van der Waals surface area contributed by atoms with Crippen LogP contribution in [0.25, 0.3) is 0 Å². The van der Waals surface area contributed by atoms with Crippen LogP contribution in [0.1, 0.15) is 37.4 Å². The second kappa shape index (κ2) is 4.83. The molecule has 1 N–H and O–H groups in total. The molecule has 1 aromatic heterocycles. The third-order valence-corrected chi connectivity index (χ3v) is 5.50. The molecule has 1 spiro atoms. The van der Waals surface area contributed by atoms with Crippen LogP contribution in [0.2, 0.25) is 0 Å². The van der Waals surface area contributed by atoms with E-state index in [9.17, 15) is 4.79 Å². The van der Waals surface area contributed by atoms with Crippen molar-refractivity contribution in [3.05, 3.63) is 22.4 Å². The van der Waals surface area contributed by atoms with Gasteiger partial charge < -0.3 is 9.64 Å². The van der Waals surface area contributed by atoms with E-state index < -0.39 is 0 Å². The summed E-state index contributed by atoms with van der Waals surface area (Å²) in [5.41, 5.74) is 1.01. The molecule has 108 valence electrons. The summed E-state index contributed by atoms with van der Waals surface area (Å²) in [4.78, 5) is 14.8. The molecule has 0 aromatic carbocycles. The molecule has 4 nitrogen and oxygen atoms in total. The summed E-state index contributed by atoms with van der Waals surface area (Å²) in [5, 5.41) is 7.83. The number of nitrogens with zero attached hydrogens (tertiary/aromatic N) is 1. The number of thiophene rings is 1. The van der Waals surface area contributed by atoms with Crippen molar-refractivity contribution in [1.29, 1.82) is 0 Å². The lowest BCUT2D eigenvalue weighted by Crippen LogP contribution is -2.37. The predicted octanol–water partition coefficient (Wildman–Crippen LogP) is 2.14. The van der Waals surface area contributed by atoms with Gasteiger partial charge in [-0.1, -0.05) is 0 Å². The van der Waals surface area contributed by atoms with Crippen molar-refractivity contribution in [1.82, 2.24) is 10.2 Å². The van der Waals surface area contributed by atoms with Crippen LogP contribution in [-0.4, -0.2) is 36.1 Å². The maximum absolute atomic E-state index is 12.7. The minimum absolute atomic E-state index is 0.0825. The first-order valence-corrected chi connectivity index (χ1v) is 8.41. The smallest absolute Gasteiger partial charge is 0.244 e. The van der Waals surface area contributed by atoms with E-state index in [4.69, 9.17) is 4.74 Å². The van der Waals surface area contributed by atoms with Gasteiger partial charge in [0, 0.05) is 19.8 Å².